The molecule has 4 N–H and O–H groups in total. The van der Waals surface area contributed by atoms with Crippen LogP contribution in [0, 0.1) is 0 Å². The fraction of sp³-hybridized carbons (Fsp3) is 0.400. The first-order chi connectivity index (χ1) is 7.74. The molecule has 1 aromatic carbocycles. The van der Waals surface area contributed by atoms with E-state index in [1.165, 1.54) is 0 Å². The van der Waals surface area contributed by atoms with Crippen LogP contribution in [-0.2, 0) is 6.42 Å². The lowest BCUT2D eigenvalue weighted by Gasteiger charge is -2.11. The minimum absolute atomic E-state index is 0.120. The third-order valence-corrected chi connectivity index (χ3v) is 2.58. The highest BCUT2D eigenvalue weighted by Crippen LogP contribution is 2.31. The number of hydrogen-bond acceptors (Lipinski definition) is 5. The van der Waals surface area contributed by atoms with Gasteiger partial charge in [-0.2, -0.15) is 0 Å². The van der Waals surface area contributed by atoms with E-state index >= 15 is 0 Å². The van der Waals surface area contributed by atoms with Crippen molar-refractivity contribution in [2.24, 2.45) is 5.73 Å². The quantitative estimate of drug-likeness (QED) is 0.569. The van der Waals surface area contributed by atoms with Crippen molar-refractivity contribution in [1.82, 2.24) is 0 Å². The van der Waals surface area contributed by atoms with Crippen LogP contribution in [0.1, 0.15) is 12.0 Å². The van der Waals surface area contributed by atoms with Crippen LogP contribution < -0.4 is 20.7 Å². The maximum Gasteiger partial charge on any atom is 0.492 e. The van der Waals surface area contributed by atoms with Crippen LogP contribution in [-0.4, -0.2) is 30.5 Å². The summed E-state index contributed by atoms with van der Waals surface area (Å²) in [6.07, 6.45) is 1.49. The van der Waals surface area contributed by atoms with E-state index in [0.717, 1.165) is 12.0 Å². The summed E-state index contributed by atoms with van der Waals surface area (Å²) in [5.41, 5.74) is 6.66. The molecule has 1 heterocycles. The van der Waals surface area contributed by atoms with Crippen LogP contribution in [0.15, 0.2) is 12.1 Å². The number of fused-ring (bicyclic) bond motifs is 1. The van der Waals surface area contributed by atoms with Crippen LogP contribution in [0.4, 0.5) is 0 Å². The number of hydrogen-bond donors (Lipinski definition) is 3. The second-order valence-electron chi connectivity index (χ2n) is 3.64. The van der Waals surface area contributed by atoms with Gasteiger partial charge in [0.25, 0.3) is 0 Å². The summed E-state index contributed by atoms with van der Waals surface area (Å²) in [5.74, 6) is 0.990. The zero-order valence-electron chi connectivity index (χ0n) is 8.85. The SMILES string of the molecule is NCCCc1ccc2c(c1B(O)O)OCO2. The normalized spacial score (nSPS) is 12.9. The zero-order valence-corrected chi connectivity index (χ0v) is 8.85. The zero-order chi connectivity index (χ0) is 11.5. The van der Waals surface area contributed by atoms with Gasteiger partial charge in [0.2, 0.25) is 6.79 Å². The molecule has 0 unspecified atom stereocenters. The summed E-state index contributed by atoms with van der Waals surface area (Å²) in [6, 6.07) is 3.60. The van der Waals surface area contributed by atoms with Gasteiger partial charge in [0.15, 0.2) is 11.5 Å². The van der Waals surface area contributed by atoms with E-state index in [2.05, 4.69) is 0 Å². The van der Waals surface area contributed by atoms with Crippen molar-refractivity contribution in [3.63, 3.8) is 0 Å². The molecule has 1 aliphatic heterocycles. The van der Waals surface area contributed by atoms with Crippen molar-refractivity contribution in [3.8, 4) is 11.5 Å². The number of benzene rings is 1. The Kier molecular flexibility index (Phi) is 3.33. The van der Waals surface area contributed by atoms with Crippen molar-refractivity contribution in [3.05, 3.63) is 17.7 Å². The Hall–Kier alpha value is -1.24. The fourth-order valence-electron chi connectivity index (χ4n) is 1.83. The lowest BCUT2D eigenvalue weighted by atomic mass is 9.75. The lowest BCUT2D eigenvalue weighted by molar-refractivity contribution is 0.174. The summed E-state index contributed by atoms with van der Waals surface area (Å²) >= 11 is 0. The highest BCUT2D eigenvalue weighted by Gasteiger charge is 2.27. The van der Waals surface area contributed by atoms with Gasteiger partial charge in [-0.05, 0) is 31.0 Å². The highest BCUT2D eigenvalue weighted by molar-refractivity contribution is 6.60. The maximum atomic E-state index is 9.36. The van der Waals surface area contributed by atoms with Crippen LogP contribution in [0.5, 0.6) is 11.5 Å². The molecule has 0 saturated carbocycles. The van der Waals surface area contributed by atoms with Gasteiger partial charge in [0.1, 0.15) is 0 Å². The Bertz CT molecular complexity index is 383. The summed E-state index contributed by atoms with van der Waals surface area (Å²) in [4.78, 5) is 0. The molecule has 1 aliphatic rings. The molecule has 0 aromatic heterocycles. The van der Waals surface area contributed by atoms with E-state index in [-0.39, 0.29) is 6.79 Å². The summed E-state index contributed by atoms with van der Waals surface area (Å²) in [5, 5.41) is 18.7. The van der Waals surface area contributed by atoms with Gasteiger partial charge >= 0.3 is 7.12 Å². The van der Waals surface area contributed by atoms with E-state index in [9.17, 15) is 10.0 Å². The van der Waals surface area contributed by atoms with Crippen molar-refractivity contribution in [1.29, 1.82) is 0 Å². The topological polar surface area (TPSA) is 84.9 Å². The highest BCUT2D eigenvalue weighted by atomic mass is 16.7. The van der Waals surface area contributed by atoms with Gasteiger partial charge in [-0.25, -0.2) is 0 Å². The Morgan fingerprint density at radius 1 is 1.31 bits per heavy atom. The summed E-state index contributed by atoms with van der Waals surface area (Å²) < 4.78 is 10.4. The maximum absolute atomic E-state index is 9.36. The Morgan fingerprint density at radius 2 is 2.12 bits per heavy atom. The van der Waals surface area contributed by atoms with Gasteiger partial charge in [-0.3, -0.25) is 0 Å². The lowest BCUT2D eigenvalue weighted by Crippen LogP contribution is -2.34. The average molecular weight is 223 g/mol. The first kappa shape index (κ1) is 11.3. The fourth-order valence-corrected chi connectivity index (χ4v) is 1.83. The molecule has 0 spiro atoms. The van der Waals surface area contributed by atoms with E-state index in [1.807, 2.05) is 6.07 Å². The van der Waals surface area contributed by atoms with Gasteiger partial charge in [0, 0.05) is 5.46 Å². The molecule has 0 amide bonds. The summed E-state index contributed by atoms with van der Waals surface area (Å²) in [6.45, 7) is 0.685. The van der Waals surface area contributed by atoms with Crippen LogP contribution >= 0.6 is 0 Å². The van der Waals surface area contributed by atoms with E-state index < -0.39 is 7.12 Å². The van der Waals surface area contributed by atoms with Crippen LogP contribution in [0.2, 0.25) is 0 Å². The molecule has 16 heavy (non-hydrogen) atoms. The van der Waals surface area contributed by atoms with Gasteiger partial charge in [-0.1, -0.05) is 6.07 Å². The molecule has 6 heteroatoms. The number of aryl methyl sites for hydroxylation is 1. The minimum atomic E-state index is -1.55. The average Bonchev–Trinajstić information content (AvgIpc) is 2.72. The molecule has 1 aromatic rings. The molecule has 0 bridgehead atoms. The van der Waals surface area contributed by atoms with Crippen LogP contribution in [0.25, 0.3) is 0 Å². The largest absolute Gasteiger partial charge is 0.492 e. The summed E-state index contributed by atoms with van der Waals surface area (Å²) in [7, 11) is -1.55. The standard InChI is InChI=1S/C10H14BNO4/c12-5-1-2-7-3-4-8-10(16-6-15-8)9(7)11(13)14/h3-4,13-14H,1-2,5-6,12H2. The van der Waals surface area contributed by atoms with Crippen molar-refractivity contribution < 1.29 is 19.5 Å². The molecular formula is C10H14BNO4. The molecule has 2 rings (SSSR count). The second-order valence-corrected chi connectivity index (χ2v) is 3.64. The Labute approximate surface area is 93.9 Å². The van der Waals surface area contributed by atoms with Gasteiger partial charge in [0.05, 0.1) is 0 Å². The predicted molar refractivity (Wildman–Crippen MR) is 59.8 cm³/mol. The van der Waals surface area contributed by atoms with Crippen molar-refractivity contribution in [2.45, 2.75) is 12.8 Å². The van der Waals surface area contributed by atoms with Crippen LogP contribution in [0.3, 0.4) is 0 Å². The molecule has 5 nitrogen and oxygen atoms in total. The van der Waals surface area contributed by atoms with Gasteiger partial charge < -0.3 is 25.3 Å². The molecule has 86 valence electrons. The number of ether oxygens (including phenoxy) is 2. The van der Waals surface area contributed by atoms with Crippen molar-refractivity contribution >= 4 is 12.6 Å². The molecular weight excluding hydrogens is 209 g/mol. The molecule has 0 fully saturated rings. The minimum Gasteiger partial charge on any atom is -0.454 e. The second kappa shape index (κ2) is 4.73. The Balaban J connectivity index is 2.37. The Morgan fingerprint density at radius 3 is 2.81 bits per heavy atom. The number of nitrogens with two attached hydrogens (primary N) is 1. The van der Waals surface area contributed by atoms with E-state index in [1.54, 1.807) is 6.07 Å². The predicted octanol–water partition coefficient (Wildman–Crippen LogP) is -1.01. The first-order valence-corrected chi connectivity index (χ1v) is 5.21. The molecule has 0 atom stereocenters. The third kappa shape index (κ3) is 1.99. The number of rotatable bonds is 4. The molecule has 0 saturated heterocycles. The smallest absolute Gasteiger partial charge is 0.454 e. The third-order valence-electron chi connectivity index (χ3n) is 2.58. The molecule has 0 radical (unpaired) electrons. The van der Waals surface area contributed by atoms with E-state index in [4.69, 9.17) is 15.2 Å². The van der Waals surface area contributed by atoms with E-state index in [0.29, 0.717) is 29.9 Å². The molecule has 0 aliphatic carbocycles. The van der Waals surface area contributed by atoms with Crippen molar-refractivity contribution in [2.75, 3.05) is 13.3 Å². The monoisotopic (exact) mass is 223 g/mol. The first-order valence-electron chi connectivity index (χ1n) is 5.21. The van der Waals surface area contributed by atoms with Gasteiger partial charge in [-0.15, -0.1) is 0 Å².